The Morgan fingerprint density at radius 3 is 2.93 bits per heavy atom. The Balaban J connectivity index is 1.91. The maximum Gasteiger partial charge on any atom is 0.0794 e. The van der Waals surface area contributed by atoms with Crippen LogP contribution in [0.1, 0.15) is 24.6 Å². The minimum Gasteiger partial charge on any atom is -0.317 e. The Morgan fingerprint density at radius 2 is 2.33 bits per heavy atom. The summed E-state index contributed by atoms with van der Waals surface area (Å²) in [7, 11) is 0. The minimum absolute atomic E-state index is 0.762. The van der Waals surface area contributed by atoms with Gasteiger partial charge in [0.25, 0.3) is 0 Å². The molecule has 1 N–H and O–H groups in total. The average molecular weight is 225 g/mol. The molecule has 0 spiro atoms. The molecule has 0 radical (unpaired) electrons. The Bertz CT molecular complexity index is 267. The van der Waals surface area contributed by atoms with E-state index in [1.165, 1.54) is 30.8 Å². The molecule has 0 aromatic carbocycles. The molecular formula is C11H19N3S. The molecule has 0 unspecified atom stereocenters. The SMILES string of the molecule is CCN(Cc1cncs1)C1CCNCC1. The molecule has 1 aromatic heterocycles. The number of aromatic nitrogens is 1. The Labute approximate surface area is 95.5 Å². The second kappa shape index (κ2) is 5.58. The Hall–Kier alpha value is -0.450. The molecule has 1 aliphatic heterocycles. The average Bonchev–Trinajstić information content (AvgIpc) is 2.80. The van der Waals surface area contributed by atoms with Crippen LogP contribution in [-0.2, 0) is 6.54 Å². The van der Waals surface area contributed by atoms with Gasteiger partial charge in [0.1, 0.15) is 0 Å². The van der Waals surface area contributed by atoms with E-state index in [1.807, 2.05) is 11.7 Å². The van der Waals surface area contributed by atoms with Crippen molar-refractivity contribution in [2.24, 2.45) is 0 Å². The molecule has 0 bridgehead atoms. The number of hydrogen-bond acceptors (Lipinski definition) is 4. The lowest BCUT2D eigenvalue weighted by Crippen LogP contribution is -2.42. The van der Waals surface area contributed by atoms with Crippen LogP contribution in [-0.4, -0.2) is 35.6 Å². The van der Waals surface area contributed by atoms with Gasteiger partial charge in [-0.1, -0.05) is 6.92 Å². The van der Waals surface area contributed by atoms with Crippen molar-refractivity contribution in [2.45, 2.75) is 32.4 Å². The van der Waals surface area contributed by atoms with Crippen LogP contribution in [0.5, 0.6) is 0 Å². The number of nitrogens with zero attached hydrogens (tertiary/aromatic N) is 2. The predicted molar refractivity (Wildman–Crippen MR) is 64.1 cm³/mol. The zero-order valence-corrected chi connectivity index (χ0v) is 10.1. The van der Waals surface area contributed by atoms with Gasteiger partial charge in [0.2, 0.25) is 0 Å². The van der Waals surface area contributed by atoms with E-state index in [2.05, 4.69) is 22.1 Å². The summed E-state index contributed by atoms with van der Waals surface area (Å²) >= 11 is 1.76. The van der Waals surface area contributed by atoms with Gasteiger partial charge in [0.15, 0.2) is 0 Å². The number of piperidine rings is 1. The van der Waals surface area contributed by atoms with Gasteiger partial charge in [-0.15, -0.1) is 11.3 Å². The lowest BCUT2D eigenvalue weighted by atomic mass is 10.0. The first-order chi connectivity index (χ1) is 7.40. The molecule has 1 aromatic rings. The first-order valence-corrected chi connectivity index (χ1v) is 6.60. The van der Waals surface area contributed by atoms with Crippen LogP contribution >= 0.6 is 11.3 Å². The largest absolute Gasteiger partial charge is 0.317 e. The Morgan fingerprint density at radius 1 is 1.53 bits per heavy atom. The normalized spacial score (nSPS) is 18.5. The third kappa shape index (κ3) is 3.00. The summed E-state index contributed by atoms with van der Waals surface area (Å²) in [6, 6.07) is 0.762. The quantitative estimate of drug-likeness (QED) is 0.845. The van der Waals surface area contributed by atoms with E-state index >= 15 is 0 Å². The van der Waals surface area contributed by atoms with Gasteiger partial charge in [0.05, 0.1) is 5.51 Å². The molecule has 2 rings (SSSR count). The maximum atomic E-state index is 4.13. The molecular weight excluding hydrogens is 206 g/mol. The molecule has 0 atom stereocenters. The van der Waals surface area contributed by atoms with Gasteiger partial charge in [-0.2, -0.15) is 0 Å². The van der Waals surface area contributed by atoms with E-state index in [0.717, 1.165) is 19.1 Å². The summed E-state index contributed by atoms with van der Waals surface area (Å²) in [5.41, 5.74) is 1.92. The van der Waals surface area contributed by atoms with E-state index in [0.29, 0.717) is 0 Å². The highest BCUT2D eigenvalue weighted by Gasteiger charge is 2.19. The van der Waals surface area contributed by atoms with Crippen molar-refractivity contribution < 1.29 is 0 Å². The van der Waals surface area contributed by atoms with E-state index in [9.17, 15) is 0 Å². The summed E-state index contributed by atoms with van der Waals surface area (Å²) in [4.78, 5) is 8.10. The topological polar surface area (TPSA) is 28.2 Å². The van der Waals surface area contributed by atoms with Crippen molar-refractivity contribution in [3.8, 4) is 0 Å². The van der Waals surface area contributed by atoms with Crippen molar-refractivity contribution >= 4 is 11.3 Å². The van der Waals surface area contributed by atoms with E-state index in [1.54, 1.807) is 11.3 Å². The van der Waals surface area contributed by atoms with E-state index in [4.69, 9.17) is 0 Å². The van der Waals surface area contributed by atoms with Crippen LogP contribution in [0.3, 0.4) is 0 Å². The van der Waals surface area contributed by atoms with Crippen LogP contribution in [0.25, 0.3) is 0 Å². The molecule has 0 aliphatic carbocycles. The van der Waals surface area contributed by atoms with Crippen LogP contribution in [0.2, 0.25) is 0 Å². The van der Waals surface area contributed by atoms with Crippen molar-refractivity contribution in [1.29, 1.82) is 0 Å². The highest BCUT2D eigenvalue weighted by atomic mass is 32.1. The van der Waals surface area contributed by atoms with Gasteiger partial charge in [-0.25, -0.2) is 0 Å². The molecule has 0 saturated carbocycles. The van der Waals surface area contributed by atoms with Crippen LogP contribution in [0, 0.1) is 0 Å². The van der Waals surface area contributed by atoms with Gasteiger partial charge < -0.3 is 5.32 Å². The van der Waals surface area contributed by atoms with Crippen molar-refractivity contribution in [3.63, 3.8) is 0 Å². The summed E-state index contributed by atoms with van der Waals surface area (Å²) in [5, 5.41) is 3.42. The summed E-state index contributed by atoms with van der Waals surface area (Å²) in [6.45, 7) is 6.81. The molecule has 0 amide bonds. The lowest BCUT2D eigenvalue weighted by molar-refractivity contribution is 0.163. The smallest absolute Gasteiger partial charge is 0.0794 e. The Kier molecular flexibility index (Phi) is 4.11. The van der Waals surface area contributed by atoms with Crippen LogP contribution < -0.4 is 5.32 Å². The summed E-state index contributed by atoms with van der Waals surface area (Å²) in [6.07, 6.45) is 4.56. The standard InChI is InChI=1S/C11H19N3S/c1-2-14(8-11-7-13-9-15-11)10-3-5-12-6-4-10/h7,9-10,12H,2-6,8H2,1H3. The lowest BCUT2D eigenvalue weighted by Gasteiger charge is -2.33. The molecule has 3 nitrogen and oxygen atoms in total. The highest BCUT2D eigenvalue weighted by Crippen LogP contribution is 2.16. The van der Waals surface area contributed by atoms with Crippen LogP contribution in [0.4, 0.5) is 0 Å². The second-order valence-electron chi connectivity index (χ2n) is 4.01. The van der Waals surface area contributed by atoms with Crippen molar-refractivity contribution in [3.05, 3.63) is 16.6 Å². The second-order valence-corrected chi connectivity index (χ2v) is 4.98. The molecule has 4 heteroatoms. The van der Waals surface area contributed by atoms with Crippen molar-refractivity contribution in [1.82, 2.24) is 15.2 Å². The summed E-state index contributed by atoms with van der Waals surface area (Å²) < 4.78 is 0. The van der Waals surface area contributed by atoms with Gasteiger partial charge in [-0.3, -0.25) is 9.88 Å². The monoisotopic (exact) mass is 225 g/mol. The first-order valence-electron chi connectivity index (χ1n) is 5.72. The minimum atomic E-state index is 0.762. The summed E-state index contributed by atoms with van der Waals surface area (Å²) in [5.74, 6) is 0. The molecule has 1 fully saturated rings. The van der Waals surface area contributed by atoms with Gasteiger partial charge in [0, 0.05) is 23.7 Å². The van der Waals surface area contributed by atoms with Gasteiger partial charge in [-0.05, 0) is 32.5 Å². The number of nitrogens with one attached hydrogen (secondary N) is 1. The molecule has 1 aliphatic rings. The van der Waals surface area contributed by atoms with Gasteiger partial charge >= 0.3 is 0 Å². The predicted octanol–water partition coefficient (Wildman–Crippen LogP) is 1.72. The molecule has 84 valence electrons. The third-order valence-corrected chi connectivity index (χ3v) is 3.84. The molecule has 15 heavy (non-hydrogen) atoms. The molecule has 2 heterocycles. The van der Waals surface area contributed by atoms with Crippen LogP contribution in [0.15, 0.2) is 11.7 Å². The number of hydrogen-bond donors (Lipinski definition) is 1. The fraction of sp³-hybridized carbons (Fsp3) is 0.727. The molecule has 1 saturated heterocycles. The third-order valence-electron chi connectivity index (χ3n) is 3.07. The fourth-order valence-corrected chi connectivity index (χ4v) is 2.81. The van der Waals surface area contributed by atoms with E-state index < -0.39 is 0 Å². The first kappa shape index (κ1) is 11.0. The fourth-order valence-electron chi connectivity index (χ4n) is 2.19. The maximum absolute atomic E-state index is 4.13. The highest BCUT2D eigenvalue weighted by molar-refractivity contribution is 7.09. The van der Waals surface area contributed by atoms with Crippen molar-refractivity contribution in [2.75, 3.05) is 19.6 Å². The zero-order chi connectivity index (χ0) is 10.5. The zero-order valence-electron chi connectivity index (χ0n) is 9.28. The van der Waals surface area contributed by atoms with E-state index in [-0.39, 0.29) is 0 Å². The number of thiazole rings is 1. The number of rotatable bonds is 4.